The Morgan fingerprint density at radius 3 is 2.73 bits per heavy atom. The van der Waals surface area contributed by atoms with Crippen LogP contribution in [0, 0.1) is 19.7 Å². The summed E-state index contributed by atoms with van der Waals surface area (Å²) < 4.78 is 19.1. The zero-order valence-electron chi connectivity index (χ0n) is 14.4. The molecule has 26 heavy (non-hydrogen) atoms. The summed E-state index contributed by atoms with van der Waals surface area (Å²) in [7, 11) is 1.26. The van der Waals surface area contributed by atoms with Crippen LogP contribution in [0.4, 0.5) is 4.39 Å². The second-order valence-corrected chi connectivity index (χ2v) is 5.88. The number of hydrogen-bond donors (Lipinski definition) is 1. The number of aryl methyl sites for hydroxylation is 1. The number of methoxy groups -OCH3 is 1. The molecule has 0 spiro atoms. The average molecular weight is 357 g/mol. The average Bonchev–Trinajstić information content (AvgIpc) is 2.91. The van der Waals surface area contributed by atoms with Gasteiger partial charge in [0.2, 0.25) is 0 Å². The summed E-state index contributed by atoms with van der Waals surface area (Å²) in [5, 5.41) is 0.219. The third-order valence-corrected chi connectivity index (χ3v) is 4.21. The van der Waals surface area contributed by atoms with Crippen molar-refractivity contribution in [2.24, 2.45) is 0 Å². The van der Waals surface area contributed by atoms with Gasteiger partial charge < -0.3 is 9.72 Å². The number of H-pyrrole nitrogens is 1. The number of ether oxygens (including phenoxy) is 1. The number of Topliss-reactive ketones (excluding diaryl/α,β-unsaturated/α-hetero) is 1. The van der Waals surface area contributed by atoms with Crippen molar-refractivity contribution < 1.29 is 18.7 Å². The SMILES string of the molecule is COC(=O)c1c(C)[nH]c(C(=O)Cn2cnc3cc(F)ccc3c2=O)c1C. The van der Waals surface area contributed by atoms with Gasteiger partial charge in [-0.15, -0.1) is 0 Å². The lowest BCUT2D eigenvalue weighted by molar-refractivity contribution is 0.0599. The highest BCUT2D eigenvalue weighted by Gasteiger charge is 2.23. The maximum Gasteiger partial charge on any atom is 0.339 e. The van der Waals surface area contributed by atoms with Gasteiger partial charge in [0.1, 0.15) is 5.82 Å². The monoisotopic (exact) mass is 357 g/mol. The van der Waals surface area contributed by atoms with Crippen LogP contribution in [-0.4, -0.2) is 33.4 Å². The fraction of sp³-hybridized carbons (Fsp3) is 0.222. The largest absolute Gasteiger partial charge is 0.465 e. The molecule has 0 aliphatic carbocycles. The summed E-state index contributed by atoms with van der Waals surface area (Å²) in [5.74, 6) is -1.42. The molecular formula is C18H16FN3O4. The first-order valence-electron chi connectivity index (χ1n) is 7.79. The Bertz CT molecular complexity index is 1100. The molecule has 0 amide bonds. The number of aromatic nitrogens is 3. The number of nitrogens with zero attached hydrogens (tertiary/aromatic N) is 2. The molecule has 1 N–H and O–H groups in total. The number of carbonyl (C=O) groups is 2. The quantitative estimate of drug-likeness (QED) is 0.570. The van der Waals surface area contributed by atoms with Crippen molar-refractivity contribution in [2.45, 2.75) is 20.4 Å². The van der Waals surface area contributed by atoms with E-state index in [9.17, 15) is 18.8 Å². The molecule has 0 aliphatic rings. The fourth-order valence-corrected chi connectivity index (χ4v) is 2.91. The van der Waals surface area contributed by atoms with Gasteiger partial charge in [0.25, 0.3) is 5.56 Å². The van der Waals surface area contributed by atoms with Crippen molar-refractivity contribution in [2.75, 3.05) is 7.11 Å². The van der Waals surface area contributed by atoms with E-state index < -0.39 is 17.3 Å². The highest BCUT2D eigenvalue weighted by Crippen LogP contribution is 2.19. The topological polar surface area (TPSA) is 94.1 Å². The zero-order valence-corrected chi connectivity index (χ0v) is 14.4. The smallest absolute Gasteiger partial charge is 0.339 e. The van der Waals surface area contributed by atoms with Crippen LogP contribution in [0.5, 0.6) is 0 Å². The zero-order chi connectivity index (χ0) is 19.0. The second-order valence-electron chi connectivity index (χ2n) is 5.88. The van der Waals surface area contributed by atoms with Gasteiger partial charge in [-0.25, -0.2) is 14.2 Å². The molecule has 0 saturated heterocycles. The third kappa shape index (κ3) is 2.90. The lowest BCUT2D eigenvalue weighted by atomic mass is 10.1. The van der Waals surface area contributed by atoms with Gasteiger partial charge >= 0.3 is 5.97 Å². The maximum absolute atomic E-state index is 13.2. The fourth-order valence-electron chi connectivity index (χ4n) is 2.91. The molecular weight excluding hydrogens is 341 g/mol. The van der Waals surface area contributed by atoms with E-state index in [-0.39, 0.29) is 28.9 Å². The standard InChI is InChI=1S/C18H16FN3O4/c1-9-15(18(25)26-3)10(2)21-16(9)14(23)7-22-8-20-13-6-11(19)4-5-12(13)17(22)24/h4-6,8,21H,7H2,1-3H3. The van der Waals surface area contributed by atoms with Gasteiger partial charge in [0.05, 0.1) is 42.1 Å². The minimum Gasteiger partial charge on any atom is -0.465 e. The van der Waals surface area contributed by atoms with E-state index in [0.717, 1.165) is 10.6 Å². The summed E-state index contributed by atoms with van der Waals surface area (Å²) in [6.07, 6.45) is 1.20. The number of fused-ring (bicyclic) bond motifs is 1. The highest BCUT2D eigenvalue weighted by molar-refractivity contribution is 6.01. The van der Waals surface area contributed by atoms with Crippen LogP contribution in [0.15, 0.2) is 29.3 Å². The normalized spacial score (nSPS) is 10.9. The van der Waals surface area contributed by atoms with Crippen LogP contribution in [0.25, 0.3) is 10.9 Å². The number of halogens is 1. The minimum absolute atomic E-state index is 0.219. The maximum atomic E-state index is 13.2. The Morgan fingerprint density at radius 2 is 2.04 bits per heavy atom. The van der Waals surface area contributed by atoms with E-state index in [2.05, 4.69) is 9.97 Å². The number of hydrogen-bond acceptors (Lipinski definition) is 5. The Labute approximate surface area is 147 Å². The van der Waals surface area contributed by atoms with Crippen molar-refractivity contribution >= 4 is 22.7 Å². The van der Waals surface area contributed by atoms with Gasteiger partial charge in [-0.1, -0.05) is 0 Å². The summed E-state index contributed by atoms with van der Waals surface area (Å²) >= 11 is 0. The van der Waals surface area contributed by atoms with Crippen molar-refractivity contribution in [1.29, 1.82) is 0 Å². The lowest BCUT2D eigenvalue weighted by Crippen LogP contribution is -2.25. The van der Waals surface area contributed by atoms with E-state index in [4.69, 9.17) is 4.74 Å². The van der Waals surface area contributed by atoms with Crippen LogP contribution in [0.3, 0.4) is 0 Å². The van der Waals surface area contributed by atoms with E-state index in [1.54, 1.807) is 13.8 Å². The van der Waals surface area contributed by atoms with Crippen molar-refractivity contribution in [3.63, 3.8) is 0 Å². The van der Waals surface area contributed by atoms with Crippen LogP contribution >= 0.6 is 0 Å². The third-order valence-electron chi connectivity index (χ3n) is 4.21. The summed E-state index contributed by atoms with van der Waals surface area (Å²) in [6.45, 7) is 3.03. The van der Waals surface area contributed by atoms with Crippen LogP contribution in [-0.2, 0) is 11.3 Å². The van der Waals surface area contributed by atoms with Crippen LogP contribution < -0.4 is 5.56 Å². The summed E-state index contributed by atoms with van der Waals surface area (Å²) in [4.78, 5) is 43.8. The summed E-state index contributed by atoms with van der Waals surface area (Å²) in [5.41, 5.74) is 1.28. The van der Waals surface area contributed by atoms with Crippen LogP contribution in [0.2, 0.25) is 0 Å². The van der Waals surface area contributed by atoms with Gasteiger partial charge in [-0.2, -0.15) is 0 Å². The minimum atomic E-state index is -0.540. The number of aromatic amines is 1. The van der Waals surface area contributed by atoms with E-state index >= 15 is 0 Å². The molecule has 1 aromatic carbocycles. The number of benzene rings is 1. The van der Waals surface area contributed by atoms with Gasteiger partial charge in [0, 0.05) is 11.8 Å². The Morgan fingerprint density at radius 1 is 1.31 bits per heavy atom. The van der Waals surface area contributed by atoms with Gasteiger partial charge in [0.15, 0.2) is 5.78 Å². The molecule has 3 aromatic rings. The molecule has 0 atom stereocenters. The number of carbonyl (C=O) groups excluding carboxylic acids is 2. The molecule has 0 unspecified atom stereocenters. The number of esters is 1. The van der Waals surface area contributed by atoms with E-state index in [1.165, 1.54) is 25.6 Å². The number of ketones is 1. The van der Waals surface area contributed by atoms with Crippen molar-refractivity contribution in [3.05, 3.63) is 63.2 Å². The molecule has 8 heteroatoms. The predicted molar refractivity (Wildman–Crippen MR) is 91.9 cm³/mol. The van der Waals surface area contributed by atoms with Gasteiger partial charge in [-0.3, -0.25) is 14.2 Å². The number of nitrogens with one attached hydrogen (secondary N) is 1. The molecule has 0 fully saturated rings. The molecule has 0 aliphatic heterocycles. The van der Waals surface area contributed by atoms with Crippen molar-refractivity contribution in [1.82, 2.24) is 14.5 Å². The molecule has 0 radical (unpaired) electrons. The first-order valence-corrected chi connectivity index (χ1v) is 7.79. The Balaban J connectivity index is 1.98. The first kappa shape index (κ1) is 17.5. The molecule has 3 rings (SSSR count). The summed E-state index contributed by atoms with van der Waals surface area (Å²) in [6, 6.07) is 3.66. The Kier molecular flexibility index (Phi) is 4.41. The number of rotatable bonds is 4. The first-order chi connectivity index (χ1) is 12.3. The van der Waals surface area contributed by atoms with E-state index in [1.807, 2.05) is 0 Å². The predicted octanol–water partition coefficient (Wildman–Crippen LogP) is 2.15. The van der Waals surface area contributed by atoms with Gasteiger partial charge in [-0.05, 0) is 31.5 Å². The molecule has 0 bridgehead atoms. The molecule has 134 valence electrons. The van der Waals surface area contributed by atoms with Crippen LogP contribution in [0.1, 0.15) is 32.1 Å². The lowest BCUT2D eigenvalue weighted by Gasteiger charge is -2.06. The highest BCUT2D eigenvalue weighted by atomic mass is 19.1. The van der Waals surface area contributed by atoms with E-state index in [0.29, 0.717) is 16.8 Å². The molecule has 2 heterocycles. The van der Waals surface area contributed by atoms with Crippen molar-refractivity contribution in [3.8, 4) is 0 Å². The molecule has 7 nitrogen and oxygen atoms in total. The Hall–Kier alpha value is -3.29. The molecule has 2 aromatic heterocycles. The molecule has 0 saturated carbocycles. The second kappa shape index (κ2) is 6.55.